The molecule has 26 heavy (non-hydrogen) atoms. The van der Waals surface area contributed by atoms with E-state index in [1.807, 2.05) is 6.92 Å². The van der Waals surface area contributed by atoms with Gasteiger partial charge in [-0.1, -0.05) is 23.2 Å². The maximum Gasteiger partial charge on any atom is 0.401 e. The third-order valence-corrected chi connectivity index (χ3v) is 4.26. The minimum atomic E-state index is -4.17. The summed E-state index contributed by atoms with van der Waals surface area (Å²) in [5.74, 6) is 0.592. The molecule has 0 saturated carbocycles. The van der Waals surface area contributed by atoms with Crippen LogP contribution in [0.15, 0.2) is 11.1 Å². The van der Waals surface area contributed by atoms with Crippen LogP contribution in [0.5, 0.6) is 0 Å². The minimum absolute atomic E-state index is 0. The smallest absolute Gasteiger partial charge is 0.357 e. The van der Waals surface area contributed by atoms with Crippen LogP contribution >= 0.6 is 47.2 Å². The molecule has 11 heteroatoms. The summed E-state index contributed by atoms with van der Waals surface area (Å²) in [6.07, 6.45) is -3.60. The lowest BCUT2D eigenvalue weighted by Gasteiger charge is -2.19. The number of aliphatic imine (C=N–C) groups is 1. The molecule has 1 rings (SSSR count). The number of halogens is 6. The van der Waals surface area contributed by atoms with Crippen LogP contribution in [0.4, 0.5) is 13.2 Å². The monoisotopic (exact) mass is 529 g/mol. The van der Waals surface area contributed by atoms with E-state index in [4.69, 9.17) is 23.2 Å². The molecule has 1 aromatic heterocycles. The molecule has 0 radical (unpaired) electrons. The summed E-state index contributed by atoms with van der Waals surface area (Å²) in [6, 6.07) is 1.75. The predicted molar refractivity (Wildman–Crippen MR) is 112 cm³/mol. The summed E-state index contributed by atoms with van der Waals surface area (Å²) in [6.45, 7) is 2.94. The van der Waals surface area contributed by atoms with Gasteiger partial charge in [-0.2, -0.15) is 13.2 Å². The van der Waals surface area contributed by atoms with Crippen LogP contribution in [-0.4, -0.2) is 54.8 Å². The fraction of sp³-hybridized carbons (Fsp3) is 0.667. The van der Waals surface area contributed by atoms with Crippen molar-refractivity contribution < 1.29 is 13.2 Å². The molecule has 1 heterocycles. The topological polar surface area (TPSA) is 44.6 Å². The number of aromatic nitrogens is 1. The quantitative estimate of drug-likeness (QED) is 0.232. The van der Waals surface area contributed by atoms with Crippen molar-refractivity contribution in [2.24, 2.45) is 12.0 Å². The van der Waals surface area contributed by atoms with Crippen molar-refractivity contribution >= 4 is 53.1 Å². The molecular weight excluding hydrogens is 505 g/mol. The van der Waals surface area contributed by atoms with E-state index >= 15 is 0 Å². The van der Waals surface area contributed by atoms with Crippen LogP contribution in [0.25, 0.3) is 0 Å². The molecule has 0 aromatic carbocycles. The minimum Gasteiger partial charge on any atom is -0.357 e. The highest BCUT2D eigenvalue weighted by atomic mass is 127. The maximum absolute atomic E-state index is 12.3. The molecule has 0 fully saturated rings. The lowest BCUT2D eigenvalue weighted by Crippen LogP contribution is -2.39. The molecular formula is C15H25Cl2F3IN5. The highest BCUT2D eigenvalue weighted by Gasteiger charge is 2.28. The zero-order chi connectivity index (χ0) is 19.0. The van der Waals surface area contributed by atoms with Gasteiger partial charge >= 0.3 is 6.18 Å². The van der Waals surface area contributed by atoms with Crippen LogP contribution in [0.1, 0.15) is 19.0 Å². The zero-order valence-electron chi connectivity index (χ0n) is 15.0. The van der Waals surface area contributed by atoms with Crippen LogP contribution in [0, 0.1) is 0 Å². The van der Waals surface area contributed by atoms with Gasteiger partial charge in [-0.25, -0.2) is 4.99 Å². The molecule has 0 atom stereocenters. The Kier molecular flexibility index (Phi) is 12.0. The molecule has 0 saturated heterocycles. The number of alkyl halides is 3. The molecule has 0 aliphatic rings. The van der Waals surface area contributed by atoms with Crippen molar-refractivity contribution in [3.63, 3.8) is 0 Å². The number of nitrogens with one attached hydrogen (secondary N) is 2. The summed E-state index contributed by atoms with van der Waals surface area (Å²) in [5, 5.41) is 7.12. The van der Waals surface area contributed by atoms with E-state index in [1.54, 1.807) is 17.7 Å². The lowest BCUT2D eigenvalue weighted by molar-refractivity contribution is -0.143. The fourth-order valence-corrected chi connectivity index (χ4v) is 2.60. The Morgan fingerprint density at radius 1 is 1.31 bits per heavy atom. The van der Waals surface area contributed by atoms with Crippen molar-refractivity contribution in [2.75, 3.05) is 33.2 Å². The molecule has 0 aliphatic carbocycles. The Morgan fingerprint density at radius 3 is 2.46 bits per heavy atom. The van der Waals surface area contributed by atoms with Gasteiger partial charge in [0.05, 0.1) is 18.1 Å². The van der Waals surface area contributed by atoms with Crippen LogP contribution in [0.3, 0.4) is 0 Å². The molecule has 0 unspecified atom stereocenters. The average molecular weight is 530 g/mol. The van der Waals surface area contributed by atoms with Gasteiger partial charge in [0.2, 0.25) is 0 Å². The highest BCUT2D eigenvalue weighted by molar-refractivity contribution is 14.0. The van der Waals surface area contributed by atoms with E-state index in [0.29, 0.717) is 48.7 Å². The molecule has 5 nitrogen and oxygen atoms in total. The van der Waals surface area contributed by atoms with Crippen molar-refractivity contribution in [1.29, 1.82) is 0 Å². The first-order valence-corrected chi connectivity index (χ1v) is 8.66. The van der Waals surface area contributed by atoms with Crippen LogP contribution < -0.4 is 10.6 Å². The first kappa shape index (κ1) is 25.6. The normalized spacial score (nSPS) is 12.3. The molecule has 2 N–H and O–H groups in total. The average Bonchev–Trinajstić information content (AvgIpc) is 2.74. The Morgan fingerprint density at radius 2 is 1.96 bits per heavy atom. The second-order valence-electron chi connectivity index (χ2n) is 5.66. The molecule has 1 aromatic rings. The second kappa shape index (κ2) is 12.1. The van der Waals surface area contributed by atoms with Crippen molar-refractivity contribution in [2.45, 2.75) is 26.1 Å². The van der Waals surface area contributed by atoms with Crippen molar-refractivity contribution in [1.82, 2.24) is 20.1 Å². The number of rotatable bonds is 8. The highest BCUT2D eigenvalue weighted by Crippen LogP contribution is 2.25. The lowest BCUT2D eigenvalue weighted by atomic mass is 10.4. The second-order valence-corrected chi connectivity index (χ2v) is 6.43. The number of hydrogen-bond donors (Lipinski definition) is 2. The van der Waals surface area contributed by atoms with E-state index < -0.39 is 12.7 Å². The van der Waals surface area contributed by atoms with E-state index in [9.17, 15) is 13.2 Å². The first-order valence-electron chi connectivity index (χ1n) is 7.91. The van der Waals surface area contributed by atoms with Gasteiger partial charge in [0.15, 0.2) is 5.96 Å². The molecule has 152 valence electrons. The van der Waals surface area contributed by atoms with Crippen LogP contribution in [0.2, 0.25) is 10.2 Å². The van der Waals surface area contributed by atoms with E-state index in [-0.39, 0.29) is 24.0 Å². The Bertz CT molecular complexity index is 578. The summed E-state index contributed by atoms with van der Waals surface area (Å²) < 4.78 is 38.5. The SMILES string of the molecule is CCNC(=NCc1cc(Cl)c(Cl)n1C)NCCCN(C)CC(F)(F)F.I. The van der Waals surface area contributed by atoms with Crippen molar-refractivity contribution in [3.05, 3.63) is 21.9 Å². The van der Waals surface area contributed by atoms with E-state index in [0.717, 1.165) is 5.69 Å². The Balaban J connectivity index is 0.00000625. The van der Waals surface area contributed by atoms with E-state index in [1.165, 1.54) is 11.9 Å². The molecule has 0 aliphatic heterocycles. The maximum atomic E-state index is 12.3. The van der Waals surface area contributed by atoms with E-state index in [2.05, 4.69) is 15.6 Å². The summed E-state index contributed by atoms with van der Waals surface area (Å²) in [5.41, 5.74) is 0.858. The fourth-order valence-electron chi connectivity index (χ4n) is 2.18. The predicted octanol–water partition coefficient (Wildman–Crippen LogP) is 3.89. The van der Waals surface area contributed by atoms with Gasteiger partial charge in [0, 0.05) is 25.8 Å². The van der Waals surface area contributed by atoms with Gasteiger partial charge in [0.25, 0.3) is 0 Å². The van der Waals surface area contributed by atoms with Gasteiger partial charge in [-0.05, 0) is 33.0 Å². The standard InChI is InChI=1S/C15H24Cl2F3N5.HI/c1-4-21-14(22-6-5-7-24(2)10-15(18,19)20)23-9-11-8-12(16)13(17)25(11)3;/h8H,4-7,9-10H2,1-3H3,(H2,21,22,23);1H. The molecule has 0 spiro atoms. The largest absolute Gasteiger partial charge is 0.401 e. The molecule has 0 bridgehead atoms. The third-order valence-electron chi connectivity index (χ3n) is 3.42. The van der Waals surface area contributed by atoms with Gasteiger partial charge in [0.1, 0.15) is 5.15 Å². The third kappa shape index (κ3) is 9.52. The number of hydrogen-bond acceptors (Lipinski definition) is 2. The van der Waals surface area contributed by atoms with Crippen molar-refractivity contribution in [3.8, 4) is 0 Å². The first-order chi connectivity index (χ1) is 11.6. The summed E-state index contributed by atoms with van der Waals surface area (Å²) >= 11 is 12.0. The van der Waals surface area contributed by atoms with Gasteiger partial charge in [-0.3, -0.25) is 4.90 Å². The number of guanidine groups is 1. The van der Waals surface area contributed by atoms with Crippen LogP contribution in [-0.2, 0) is 13.6 Å². The Hall–Kier alpha value is -0.390. The van der Waals surface area contributed by atoms with Gasteiger partial charge < -0.3 is 15.2 Å². The summed E-state index contributed by atoms with van der Waals surface area (Å²) in [7, 11) is 3.26. The summed E-state index contributed by atoms with van der Waals surface area (Å²) in [4.78, 5) is 5.69. The zero-order valence-corrected chi connectivity index (χ0v) is 18.8. The molecule has 0 amide bonds. The Labute approximate surface area is 179 Å². The van der Waals surface area contributed by atoms with Gasteiger partial charge in [-0.15, -0.1) is 24.0 Å². The number of nitrogens with zero attached hydrogens (tertiary/aromatic N) is 3.